The molecular weight excluding hydrogens is 408 g/mol. The van der Waals surface area contributed by atoms with Gasteiger partial charge in [0.25, 0.3) is 5.91 Å². The smallest absolute Gasteiger partial charge is 0.408 e. The van der Waals surface area contributed by atoms with Crippen molar-refractivity contribution in [1.82, 2.24) is 20.4 Å². The highest BCUT2D eigenvalue weighted by molar-refractivity contribution is 6.30. The number of alkyl halides is 3. The minimum absolute atomic E-state index is 0.0606. The van der Waals surface area contributed by atoms with Crippen molar-refractivity contribution in [1.29, 1.82) is 0 Å². The zero-order valence-corrected chi connectivity index (χ0v) is 14.7. The molecule has 0 bridgehead atoms. The number of hydrogen-bond donors (Lipinski definition) is 2. The van der Waals surface area contributed by atoms with Crippen molar-refractivity contribution in [2.24, 2.45) is 0 Å². The predicted octanol–water partition coefficient (Wildman–Crippen LogP) is 2.55. The summed E-state index contributed by atoms with van der Waals surface area (Å²) in [6.45, 7) is -1.38. The van der Waals surface area contributed by atoms with E-state index in [0.717, 1.165) is 18.5 Å². The van der Waals surface area contributed by atoms with Gasteiger partial charge < -0.3 is 15.4 Å². The molecule has 0 saturated carbocycles. The van der Waals surface area contributed by atoms with E-state index >= 15 is 0 Å². The zero-order chi connectivity index (χ0) is 20.5. The molecule has 2 amide bonds. The molecule has 2 heterocycles. The van der Waals surface area contributed by atoms with E-state index in [1.54, 1.807) is 0 Å². The standard InChI is InChI=1S/C16H13ClF4N4O3/c17-10-3-8(1-2-11(10)18)13(24-14(26)12-5-22-15(27)28-12)9-4-23-25(6-9)7-16(19,20)21/h1-4,6,12-13H,5,7H2,(H,22,27)(H,24,26)/t12-,13-/m0/s1. The largest absolute Gasteiger partial charge is 0.434 e. The van der Waals surface area contributed by atoms with Gasteiger partial charge in [0, 0.05) is 11.8 Å². The third-order valence-electron chi connectivity index (χ3n) is 3.86. The molecule has 2 N–H and O–H groups in total. The monoisotopic (exact) mass is 420 g/mol. The third kappa shape index (κ3) is 4.71. The molecule has 1 aliphatic heterocycles. The fourth-order valence-electron chi connectivity index (χ4n) is 2.62. The Morgan fingerprint density at radius 1 is 1.43 bits per heavy atom. The number of carbonyl (C=O) groups excluding carboxylic acids is 2. The molecule has 150 valence electrons. The molecule has 1 aromatic carbocycles. The lowest BCUT2D eigenvalue weighted by atomic mass is 10.0. The number of nitrogens with zero attached hydrogens (tertiary/aromatic N) is 2. The number of nitrogens with one attached hydrogen (secondary N) is 2. The van der Waals surface area contributed by atoms with E-state index in [1.807, 2.05) is 0 Å². The molecule has 12 heteroatoms. The number of halogens is 5. The molecule has 28 heavy (non-hydrogen) atoms. The second-order valence-electron chi connectivity index (χ2n) is 5.98. The molecule has 0 spiro atoms. The maximum atomic E-state index is 13.5. The van der Waals surface area contributed by atoms with Crippen LogP contribution in [-0.2, 0) is 16.1 Å². The van der Waals surface area contributed by atoms with Crippen LogP contribution in [0.2, 0.25) is 5.02 Å². The van der Waals surface area contributed by atoms with E-state index in [4.69, 9.17) is 16.3 Å². The van der Waals surface area contributed by atoms with E-state index in [9.17, 15) is 27.2 Å². The number of amides is 2. The molecular formula is C16H13ClF4N4O3. The average Bonchev–Trinajstić information content (AvgIpc) is 3.23. The Kier molecular flexibility index (Phi) is 5.45. The van der Waals surface area contributed by atoms with Crippen LogP contribution in [0.4, 0.5) is 22.4 Å². The van der Waals surface area contributed by atoms with Crippen LogP contribution in [0.3, 0.4) is 0 Å². The Labute approximate surface area is 160 Å². The molecule has 2 aromatic rings. The Hall–Kier alpha value is -2.82. The summed E-state index contributed by atoms with van der Waals surface area (Å²) in [6.07, 6.45) is -4.11. The molecule has 3 rings (SSSR count). The molecule has 7 nitrogen and oxygen atoms in total. The van der Waals surface area contributed by atoms with Gasteiger partial charge >= 0.3 is 12.3 Å². The average molecular weight is 421 g/mol. The lowest BCUT2D eigenvalue weighted by Gasteiger charge is -2.20. The summed E-state index contributed by atoms with van der Waals surface area (Å²) in [5, 5.41) is 8.30. The van der Waals surface area contributed by atoms with Gasteiger partial charge in [0.2, 0.25) is 0 Å². The summed E-state index contributed by atoms with van der Waals surface area (Å²) in [5.74, 6) is -1.38. The summed E-state index contributed by atoms with van der Waals surface area (Å²) >= 11 is 5.78. The highest BCUT2D eigenvalue weighted by Gasteiger charge is 2.33. The van der Waals surface area contributed by atoms with Gasteiger partial charge in [0.05, 0.1) is 23.8 Å². The predicted molar refractivity (Wildman–Crippen MR) is 87.9 cm³/mol. The highest BCUT2D eigenvalue weighted by Crippen LogP contribution is 2.27. The van der Waals surface area contributed by atoms with Crippen molar-refractivity contribution in [2.45, 2.75) is 24.9 Å². The van der Waals surface area contributed by atoms with Crippen molar-refractivity contribution >= 4 is 23.6 Å². The van der Waals surface area contributed by atoms with E-state index in [0.29, 0.717) is 10.2 Å². The molecule has 0 radical (unpaired) electrons. The number of carbonyl (C=O) groups is 2. The first-order valence-electron chi connectivity index (χ1n) is 7.91. The fraction of sp³-hybridized carbons (Fsp3) is 0.312. The maximum absolute atomic E-state index is 13.5. The number of ether oxygens (including phenoxy) is 1. The number of aromatic nitrogens is 2. The van der Waals surface area contributed by atoms with E-state index in [1.165, 1.54) is 12.1 Å². The molecule has 1 aromatic heterocycles. The number of rotatable bonds is 5. The van der Waals surface area contributed by atoms with Crippen molar-refractivity contribution in [3.8, 4) is 0 Å². The van der Waals surface area contributed by atoms with Crippen LogP contribution < -0.4 is 10.6 Å². The number of benzene rings is 1. The van der Waals surface area contributed by atoms with Gasteiger partial charge in [0.1, 0.15) is 12.4 Å². The van der Waals surface area contributed by atoms with Crippen molar-refractivity contribution in [2.75, 3.05) is 6.54 Å². The molecule has 0 unspecified atom stereocenters. The molecule has 1 fully saturated rings. The normalized spacial score (nSPS) is 17.8. The Balaban J connectivity index is 1.89. The van der Waals surface area contributed by atoms with Crippen LogP contribution in [0.5, 0.6) is 0 Å². The second kappa shape index (κ2) is 7.66. The minimum atomic E-state index is -4.48. The lowest BCUT2D eigenvalue weighted by Crippen LogP contribution is -2.39. The van der Waals surface area contributed by atoms with E-state index in [-0.39, 0.29) is 17.1 Å². The number of hydrogen-bond acceptors (Lipinski definition) is 4. The Morgan fingerprint density at radius 2 is 2.18 bits per heavy atom. The maximum Gasteiger partial charge on any atom is 0.408 e. The second-order valence-corrected chi connectivity index (χ2v) is 6.38. The zero-order valence-electron chi connectivity index (χ0n) is 14.0. The van der Waals surface area contributed by atoms with Crippen molar-refractivity contribution in [3.05, 3.63) is 52.6 Å². The summed E-state index contributed by atoms with van der Waals surface area (Å²) in [5.41, 5.74) is 0.515. The molecule has 1 saturated heterocycles. The van der Waals surface area contributed by atoms with Crippen LogP contribution in [0.1, 0.15) is 17.2 Å². The third-order valence-corrected chi connectivity index (χ3v) is 4.15. The van der Waals surface area contributed by atoms with Crippen molar-refractivity contribution in [3.63, 3.8) is 0 Å². The van der Waals surface area contributed by atoms with Gasteiger partial charge in [-0.15, -0.1) is 0 Å². The first-order chi connectivity index (χ1) is 13.1. The topological polar surface area (TPSA) is 85.3 Å². The fourth-order valence-corrected chi connectivity index (χ4v) is 2.81. The van der Waals surface area contributed by atoms with Crippen LogP contribution in [0.15, 0.2) is 30.6 Å². The first-order valence-corrected chi connectivity index (χ1v) is 8.29. The van der Waals surface area contributed by atoms with Gasteiger partial charge in [-0.1, -0.05) is 17.7 Å². The van der Waals surface area contributed by atoms with Crippen molar-refractivity contribution < 1.29 is 31.9 Å². The SMILES string of the molecule is O=C1NC[C@@H](C(=O)N[C@@H](c2ccc(F)c(Cl)c2)c2cnn(CC(F)(F)F)c2)O1. The Bertz CT molecular complexity index is 902. The summed E-state index contributed by atoms with van der Waals surface area (Å²) in [6, 6.07) is 2.63. The Morgan fingerprint density at radius 3 is 2.79 bits per heavy atom. The molecule has 0 aliphatic carbocycles. The van der Waals surface area contributed by atoms with Crippen LogP contribution >= 0.6 is 11.6 Å². The van der Waals surface area contributed by atoms with E-state index in [2.05, 4.69) is 15.7 Å². The first kappa shape index (κ1) is 19.9. The van der Waals surface area contributed by atoms with Gasteiger partial charge in [-0.2, -0.15) is 18.3 Å². The summed E-state index contributed by atoms with van der Waals surface area (Å²) in [7, 11) is 0. The van der Waals surface area contributed by atoms with Gasteiger partial charge in [-0.25, -0.2) is 9.18 Å². The molecule has 2 atom stereocenters. The van der Waals surface area contributed by atoms with Crippen LogP contribution in [0.25, 0.3) is 0 Å². The van der Waals surface area contributed by atoms with E-state index < -0.39 is 42.7 Å². The number of cyclic esters (lactones) is 1. The van der Waals surface area contributed by atoms with Crippen LogP contribution in [-0.4, -0.2) is 40.6 Å². The van der Waals surface area contributed by atoms with Gasteiger partial charge in [0.15, 0.2) is 6.10 Å². The lowest BCUT2D eigenvalue weighted by molar-refractivity contribution is -0.142. The van der Waals surface area contributed by atoms with Gasteiger partial charge in [-0.05, 0) is 17.7 Å². The minimum Gasteiger partial charge on any atom is -0.434 e. The summed E-state index contributed by atoms with van der Waals surface area (Å²) in [4.78, 5) is 23.5. The quantitative estimate of drug-likeness (QED) is 0.728. The molecule has 1 aliphatic rings. The van der Waals surface area contributed by atoms with Crippen LogP contribution in [0, 0.1) is 5.82 Å². The summed E-state index contributed by atoms with van der Waals surface area (Å²) < 4.78 is 56.7. The van der Waals surface area contributed by atoms with Gasteiger partial charge in [-0.3, -0.25) is 9.48 Å². The number of alkyl carbamates (subject to hydrolysis) is 1. The highest BCUT2D eigenvalue weighted by atomic mass is 35.5.